The van der Waals surface area contributed by atoms with Gasteiger partial charge in [0.25, 0.3) is 0 Å². The molecule has 2 aliphatic rings. The van der Waals surface area contributed by atoms with Crippen LogP contribution in [-0.2, 0) is 5.41 Å². The van der Waals surface area contributed by atoms with Crippen LogP contribution in [-0.4, -0.2) is 4.98 Å². The number of halogens is 1. The summed E-state index contributed by atoms with van der Waals surface area (Å²) in [6.45, 7) is 4.11. The molecule has 1 aromatic heterocycles. The monoisotopic (exact) mass is 250 g/mol. The predicted octanol–water partition coefficient (Wildman–Crippen LogP) is 3.21. The van der Waals surface area contributed by atoms with Crippen molar-refractivity contribution in [2.24, 2.45) is 0 Å². The molecular formula is C11H11BrN2. The van der Waals surface area contributed by atoms with Crippen LogP contribution in [0.3, 0.4) is 0 Å². The minimum atomic E-state index is 0.201. The van der Waals surface area contributed by atoms with Gasteiger partial charge in [-0.1, -0.05) is 13.0 Å². The number of aromatic nitrogens is 1. The lowest BCUT2D eigenvalue weighted by atomic mass is 9.64. The summed E-state index contributed by atoms with van der Waals surface area (Å²) < 4.78 is 1.05. The molecule has 0 unspecified atom stereocenters. The van der Waals surface area contributed by atoms with Crippen molar-refractivity contribution in [1.82, 2.24) is 4.98 Å². The SMILES string of the molecule is C=C1Nc2ncc(Br)cc2C12CCC2. The predicted molar refractivity (Wildman–Crippen MR) is 60.2 cm³/mol. The number of rotatable bonds is 0. The molecule has 2 heterocycles. The topological polar surface area (TPSA) is 24.9 Å². The Bertz CT molecular complexity index is 421. The van der Waals surface area contributed by atoms with E-state index in [1.54, 1.807) is 0 Å². The zero-order valence-corrected chi connectivity index (χ0v) is 9.39. The van der Waals surface area contributed by atoms with Crippen LogP contribution in [0.1, 0.15) is 24.8 Å². The Morgan fingerprint density at radius 2 is 2.29 bits per heavy atom. The Labute approximate surface area is 91.6 Å². The highest BCUT2D eigenvalue weighted by atomic mass is 79.9. The zero-order valence-electron chi connectivity index (χ0n) is 7.81. The molecule has 1 saturated carbocycles. The van der Waals surface area contributed by atoms with Gasteiger partial charge in [0.1, 0.15) is 5.82 Å². The van der Waals surface area contributed by atoms with Crippen LogP contribution < -0.4 is 5.32 Å². The third-order valence-corrected chi connectivity index (χ3v) is 3.86. The van der Waals surface area contributed by atoms with E-state index in [2.05, 4.69) is 38.9 Å². The fraction of sp³-hybridized carbons (Fsp3) is 0.364. The second-order valence-corrected chi connectivity index (χ2v) is 5.00. The number of nitrogens with one attached hydrogen (secondary N) is 1. The Morgan fingerprint density at radius 3 is 2.93 bits per heavy atom. The van der Waals surface area contributed by atoms with Gasteiger partial charge in [0.2, 0.25) is 0 Å². The van der Waals surface area contributed by atoms with Gasteiger partial charge in [-0.05, 0) is 34.8 Å². The van der Waals surface area contributed by atoms with Crippen molar-refractivity contribution < 1.29 is 0 Å². The lowest BCUT2D eigenvalue weighted by Crippen LogP contribution is -2.33. The summed E-state index contributed by atoms with van der Waals surface area (Å²) >= 11 is 3.47. The van der Waals surface area contributed by atoms with Gasteiger partial charge < -0.3 is 5.32 Å². The number of hydrogen-bond acceptors (Lipinski definition) is 2. The molecule has 1 aliphatic carbocycles. The molecule has 1 aliphatic heterocycles. The van der Waals surface area contributed by atoms with Gasteiger partial charge in [-0.25, -0.2) is 4.98 Å². The lowest BCUT2D eigenvalue weighted by Gasteiger charge is -2.39. The number of hydrogen-bond donors (Lipinski definition) is 1. The van der Waals surface area contributed by atoms with Crippen LogP contribution in [0, 0.1) is 0 Å². The maximum Gasteiger partial charge on any atom is 0.134 e. The average Bonchev–Trinajstić information content (AvgIpc) is 2.35. The number of nitrogens with zero attached hydrogens (tertiary/aromatic N) is 1. The van der Waals surface area contributed by atoms with Crippen molar-refractivity contribution in [3.8, 4) is 0 Å². The molecule has 1 aromatic rings. The molecule has 0 aromatic carbocycles. The first kappa shape index (κ1) is 8.48. The Kier molecular flexibility index (Phi) is 1.57. The maximum atomic E-state index is 4.37. The maximum absolute atomic E-state index is 4.37. The van der Waals surface area contributed by atoms with E-state index < -0.39 is 0 Å². The summed E-state index contributed by atoms with van der Waals surface area (Å²) in [4.78, 5) is 4.37. The molecule has 0 radical (unpaired) electrons. The molecular weight excluding hydrogens is 240 g/mol. The first-order valence-corrected chi connectivity index (χ1v) is 5.64. The Balaban J connectivity index is 2.20. The average molecular weight is 251 g/mol. The van der Waals surface area contributed by atoms with Crippen molar-refractivity contribution >= 4 is 21.7 Å². The number of anilines is 1. The van der Waals surface area contributed by atoms with Crippen LogP contribution in [0.25, 0.3) is 0 Å². The van der Waals surface area contributed by atoms with Gasteiger partial charge in [-0.2, -0.15) is 0 Å². The largest absolute Gasteiger partial charge is 0.343 e. The summed E-state index contributed by atoms with van der Waals surface area (Å²) in [5.41, 5.74) is 2.65. The third-order valence-electron chi connectivity index (χ3n) is 3.42. The van der Waals surface area contributed by atoms with E-state index in [4.69, 9.17) is 0 Å². The third kappa shape index (κ3) is 0.883. The summed E-state index contributed by atoms with van der Waals surface area (Å²) in [5, 5.41) is 3.29. The van der Waals surface area contributed by atoms with Crippen LogP contribution in [0.4, 0.5) is 5.82 Å². The highest BCUT2D eigenvalue weighted by Gasteiger charge is 2.47. The van der Waals surface area contributed by atoms with Crippen LogP contribution in [0.15, 0.2) is 29.0 Å². The van der Waals surface area contributed by atoms with Gasteiger partial charge >= 0.3 is 0 Å². The minimum absolute atomic E-state index is 0.201. The number of allylic oxidation sites excluding steroid dienone is 1. The van der Waals surface area contributed by atoms with E-state index in [-0.39, 0.29) is 5.41 Å². The van der Waals surface area contributed by atoms with E-state index in [1.807, 2.05) is 6.20 Å². The normalized spacial score (nSPS) is 21.6. The highest BCUT2D eigenvalue weighted by Crippen LogP contribution is 2.54. The summed E-state index contributed by atoms with van der Waals surface area (Å²) in [5.74, 6) is 0.998. The molecule has 0 saturated heterocycles. The zero-order chi connectivity index (χ0) is 9.76. The van der Waals surface area contributed by atoms with Crippen LogP contribution in [0.5, 0.6) is 0 Å². The lowest BCUT2D eigenvalue weighted by molar-refractivity contribution is 0.307. The second kappa shape index (κ2) is 2.60. The summed E-state index contributed by atoms with van der Waals surface area (Å²) in [6.07, 6.45) is 5.55. The van der Waals surface area contributed by atoms with Gasteiger partial charge in [0, 0.05) is 27.3 Å². The molecule has 14 heavy (non-hydrogen) atoms. The Hall–Kier alpha value is -0.830. The Morgan fingerprint density at radius 1 is 1.50 bits per heavy atom. The van der Waals surface area contributed by atoms with Gasteiger partial charge in [-0.15, -0.1) is 0 Å². The van der Waals surface area contributed by atoms with E-state index in [1.165, 1.54) is 24.8 Å². The minimum Gasteiger partial charge on any atom is -0.343 e. The quantitative estimate of drug-likeness (QED) is 0.765. The molecule has 72 valence electrons. The fourth-order valence-electron chi connectivity index (χ4n) is 2.43. The second-order valence-electron chi connectivity index (χ2n) is 4.09. The molecule has 1 N–H and O–H groups in total. The van der Waals surface area contributed by atoms with E-state index in [0.717, 1.165) is 16.0 Å². The van der Waals surface area contributed by atoms with E-state index >= 15 is 0 Å². The summed E-state index contributed by atoms with van der Waals surface area (Å²) in [6, 6.07) is 2.17. The molecule has 1 fully saturated rings. The molecule has 0 amide bonds. The van der Waals surface area contributed by atoms with Crippen LogP contribution in [0.2, 0.25) is 0 Å². The van der Waals surface area contributed by atoms with E-state index in [9.17, 15) is 0 Å². The van der Waals surface area contributed by atoms with Crippen LogP contribution >= 0.6 is 15.9 Å². The van der Waals surface area contributed by atoms with Crippen molar-refractivity contribution in [2.45, 2.75) is 24.7 Å². The molecule has 0 bridgehead atoms. The molecule has 2 nitrogen and oxygen atoms in total. The number of fused-ring (bicyclic) bond motifs is 2. The van der Waals surface area contributed by atoms with Gasteiger partial charge in [0.15, 0.2) is 0 Å². The standard InChI is InChI=1S/C11H11BrN2/c1-7-11(3-2-4-11)9-5-8(12)6-13-10(9)14-7/h5-6H,1-4H2,(H,13,14). The van der Waals surface area contributed by atoms with Crippen molar-refractivity contribution in [1.29, 1.82) is 0 Å². The fourth-order valence-corrected chi connectivity index (χ4v) is 2.76. The van der Waals surface area contributed by atoms with Gasteiger partial charge in [0.05, 0.1) is 0 Å². The number of pyridine rings is 1. The van der Waals surface area contributed by atoms with E-state index in [0.29, 0.717) is 0 Å². The molecule has 3 rings (SSSR count). The first-order chi connectivity index (χ1) is 6.72. The molecule has 0 atom stereocenters. The first-order valence-electron chi connectivity index (χ1n) is 4.85. The molecule has 1 spiro atoms. The summed E-state index contributed by atoms with van der Waals surface area (Å²) in [7, 11) is 0. The van der Waals surface area contributed by atoms with Crippen molar-refractivity contribution in [3.05, 3.63) is 34.6 Å². The van der Waals surface area contributed by atoms with Crippen molar-refractivity contribution in [3.63, 3.8) is 0 Å². The smallest absolute Gasteiger partial charge is 0.134 e. The van der Waals surface area contributed by atoms with Gasteiger partial charge in [-0.3, -0.25) is 0 Å². The van der Waals surface area contributed by atoms with Crippen molar-refractivity contribution in [2.75, 3.05) is 5.32 Å². The highest BCUT2D eigenvalue weighted by molar-refractivity contribution is 9.10. The molecule has 3 heteroatoms.